The van der Waals surface area contributed by atoms with Crippen LogP contribution in [0.1, 0.15) is 18.4 Å². The van der Waals surface area contributed by atoms with Gasteiger partial charge in [-0.25, -0.2) is 10.4 Å². The zero-order valence-corrected chi connectivity index (χ0v) is 16.3. The van der Waals surface area contributed by atoms with E-state index in [0.29, 0.717) is 0 Å². The number of para-hydroxylation sites is 2. The number of thioether (sulfide) groups is 1. The van der Waals surface area contributed by atoms with E-state index in [2.05, 4.69) is 68.5 Å². The maximum absolute atomic E-state index is 4.93. The maximum atomic E-state index is 4.93. The van der Waals surface area contributed by atoms with Gasteiger partial charge in [-0.05, 0) is 54.2 Å². The van der Waals surface area contributed by atoms with Crippen LogP contribution >= 0.6 is 27.7 Å². The van der Waals surface area contributed by atoms with Crippen molar-refractivity contribution in [2.45, 2.75) is 24.9 Å². The molecule has 25 heavy (non-hydrogen) atoms. The Bertz CT molecular complexity index is 786. The molecular weight excluding hydrogens is 396 g/mol. The molecule has 0 aliphatic carbocycles. The lowest BCUT2D eigenvalue weighted by Crippen LogP contribution is -2.58. The fraction of sp³-hybridized carbons (Fsp3) is 0.316. The highest BCUT2D eigenvalue weighted by molar-refractivity contribution is 9.10. The van der Waals surface area contributed by atoms with Gasteiger partial charge in [-0.1, -0.05) is 40.2 Å². The first kappa shape index (κ1) is 16.9. The van der Waals surface area contributed by atoms with Gasteiger partial charge in [0.2, 0.25) is 0 Å². The summed E-state index contributed by atoms with van der Waals surface area (Å²) in [5, 5.41) is 3.77. The van der Waals surface area contributed by atoms with Crippen molar-refractivity contribution < 1.29 is 0 Å². The molecular formula is C19H21BrN4S. The van der Waals surface area contributed by atoms with Gasteiger partial charge in [0.15, 0.2) is 0 Å². The Morgan fingerprint density at radius 3 is 2.80 bits per heavy atom. The van der Waals surface area contributed by atoms with Crippen LogP contribution in [0.25, 0.3) is 0 Å². The third-order valence-electron chi connectivity index (χ3n) is 4.70. The Morgan fingerprint density at radius 2 is 1.96 bits per heavy atom. The number of anilines is 1. The molecule has 1 saturated heterocycles. The molecule has 4 rings (SSSR count). The van der Waals surface area contributed by atoms with Crippen molar-refractivity contribution in [1.82, 2.24) is 10.9 Å². The van der Waals surface area contributed by atoms with Crippen molar-refractivity contribution in [2.75, 3.05) is 16.8 Å². The highest BCUT2D eigenvalue weighted by Gasteiger charge is 2.40. The van der Waals surface area contributed by atoms with Crippen molar-refractivity contribution in [2.24, 2.45) is 4.99 Å². The number of hydrogen-bond acceptors (Lipinski definition) is 5. The number of benzene rings is 2. The normalized spacial score (nSPS) is 18.2. The van der Waals surface area contributed by atoms with E-state index < -0.39 is 0 Å². The van der Waals surface area contributed by atoms with Crippen LogP contribution in [0.15, 0.2) is 58.0 Å². The third-order valence-corrected chi connectivity index (χ3v) is 6.18. The van der Waals surface area contributed by atoms with Gasteiger partial charge in [0, 0.05) is 11.0 Å². The Hall–Kier alpha value is -1.50. The fourth-order valence-electron chi connectivity index (χ4n) is 3.33. The smallest absolute Gasteiger partial charge is 0.142 e. The SMILES string of the molecule is Brc1cccc(CNNC2=Nc3ccccc3NC23CCSCC3)c1. The van der Waals surface area contributed by atoms with E-state index in [1.165, 1.54) is 5.56 Å². The lowest BCUT2D eigenvalue weighted by molar-refractivity contribution is 0.521. The molecule has 2 aliphatic heterocycles. The molecule has 4 nitrogen and oxygen atoms in total. The van der Waals surface area contributed by atoms with Crippen LogP contribution in [0, 0.1) is 0 Å². The largest absolute Gasteiger partial charge is 0.371 e. The van der Waals surface area contributed by atoms with Gasteiger partial charge in [0.25, 0.3) is 0 Å². The van der Waals surface area contributed by atoms with Gasteiger partial charge in [-0.3, -0.25) is 0 Å². The van der Waals surface area contributed by atoms with E-state index in [4.69, 9.17) is 4.99 Å². The quantitative estimate of drug-likeness (QED) is 0.646. The Morgan fingerprint density at radius 1 is 1.12 bits per heavy atom. The molecule has 0 saturated carbocycles. The van der Waals surface area contributed by atoms with Crippen molar-refractivity contribution in [1.29, 1.82) is 0 Å². The first-order valence-corrected chi connectivity index (χ1v) is 10.5. The second-order valence-electron chi connectivity index (χ2n) is 6.41. The summed E-state index contributed by atoms with van der Waals surface area (Å²) >= 11 is 5.54. The molecule has 2 aromatic carbocycles. The number of aliphatic imine (C=N–C) groups is 1. The van der Waals surface area contributed by atoms with Crippen LogP contribution in [0.2, 0.25) is 0 Å². The fourth-order valence-corrected chi connectivity index (χ4v) is 4.96. The molecule has 0 bridgehead atoms. The summed E-state index contributed by atoms with van der Waals surface area (Å²) in [4.78, 5) is 4.93. The molecule has 130 valence electrons. The minimum absolute atomic E-state index is 0.0934. The monoisotopic (exact) mass is 416 g/mol. The first-order chi connectivity index (χ1) is 12.3. The molecule has 2 aliphatic rings. The van der Waals surface area contributed by atoms with Crippen LogP contribution < -0.4 is 16.2 Å². The minimum Gasteiger partial charge on any atom is -0.371 e. The second-order valence-corrected chi connectivity index (χ2v) is 8.55. The predicted octanol–water partition coefficient (Wildman–Crippen LogP) is 4.46. The summed E-state index contributed by atoms with van der Waals surface area (Å²) in [6, 6.07) is 16.6. The summed E-state index contributed by atoms with van der Waals surface area (Å²) < 4.78 is 1.10. The van der Waals surface area contributed by atoms with Crippen molar-refractivity contribution in [3.63, 3.8) is 0 Å². The summed E-state index contributed by atoms with van der Waals surface area (Å²) in [6.07, 6.45) is 2.16. The second kappa shape index (κ2) is 7.40. The number of fused-ring (bicyclic) bond motifs is 1. The zero-order valence-electron chi connectivity index (χ0n) is 13.9. The minimum atomic E-state index is -0.0934. The first-order valence-electron chi connectivity index (χ1n) is 8.53. The van der Waals surface area contributed by atoms with Crippen molar-refractivity contribution in [3.8, 4) is 0 Å². The molecule has 6 heteroatoms. The average Bonchev–Trinajstić information content (AvgIpc) is 2.63. The van der Waals surface area contributed by atoms with E-state index in [0.717, 1.165) is 52.6 Å². The van der Waals surface area contributed by atoms with Gasteiger partial charge in [0.05, 0.1) is 16.9 Å². The van der Waals surface area contributed by atoms with Crippen LogP contribution in [0.4, 0.5) is 11.4 Å². The number of hydrazine groups is 1. The van der Waals surface area contributed by atoms with Gasteiger partial charge >= 0.3 is 0 Å². The lowest BCUT2D eigenvalue weighted by atomic mass is 9.88. The highest BCUT2D eigenvalue weighted by atomic mass is 79.9. The Balaban J connectivity index is 1.53. The summed E-state index contributed by atoms with van der Waals surface area (Å²) in [6.45, 7) is 0.741. The van der Waals surface area contributed by atoms with E-state index in [9.17, 15) is 0 Å². The van der Waals surface area contributed by atoms with E-state index >= 15 is 0 Å². The number of nitrogens with one attached hydrogen (secondary N) is 3. The molecule has 0 amide bonds. The van der Waals surface area contributed by atoms with E-state index in [-0.39, 0.29) is 5.54 Å². The summed E-state index contributed by atoms with van der Waals surface area (Å²) in [7, 11) is 0. The summed E-state index contributed by atoms with van der Waals surface area (Å²) in [5.41, 5.74) is 10.0. The predicted molar refractivity (Wildman–Crippen MR) is 111 cm³/mol. The van der Waals surface area contributed by atoms with Crippen LogP contribution in [0.5, 0.6) is 0 Å². The molecule has 0 atom stereocenters. The molecule has 1 spiro atoms. The molecule has 2 heterocycles. The molecule has 3 N–H and O–H groups in total. The standard InChI is InChI=1S/C19H21BrN4S/c20-15-5-3-4-14(12-15)13-21-24-18-19(8-10-25-11-9-19)23-17-7-2-1-6-16(17)22-18/h1-7,12,21,23H,8-11,13H2,(H,22,24). The van der Waals surface area contributed by atoms with Crippen LogP contribution in [0.3, 0.4) is 0 Å². The number of nitrogens with zero attached hydrogens (tertiary/aromatic N) is 1. The molecule has 0 unspecified atom stereocenters. The average molecular weight is 417 g/mol. The number of rotatable bonds is 3. The lowest BCUT2D eigenvalue weighted by Gasteiger charge is -2.42. The summed E-state index contributed by atoms with van der Waals surface area (Å²) in [5.74, 6) is 3.31. The van der Waals surface area contributed by atoms with Crippen LogP contribution in [-0.2, 0) is 6.54 Å². The molecule has 2 aromatic rings. The molecule has 1 fully saturated rings. The van der Waals surface area contributed by atoms with Gasteiger partial charge in [-0.15, -0.1) is 0 Å². The third kappa shape index (κ3) is 3.71. The van der Waals surface area contributed by atoms with Gasteiger partial charge in [-0.2, -0.15) is 11.8 Å². The van der Waals surface area contributed by atoms with Crippen molar-refractivity contribution >= 4 is 44.9 Å². The van der Waals surface area contributed by atoms with E-state index in [1.807, 2.05) is 23.9 Å². The zero-order chi connectivity index (χ0) is 17.1. The highest BCUT2D eigenvalue weighted by Crippen LogP contribution is 2.39. The molecule has 0 aromatic heterocycles. The Kier molecular flexibility index (Phi) is 5.01. The van der Waals surface area contributed by atoms with Gasteiger partial charge in [0.1, 0.15) is 5.84 Å². The van der Waals surface area contributed by atoms with Crippen molar-refractivity contribution in [3.05, 3.63) is 58.6 Å². The van der Waals surface area contributed by atoms with Gasteiger partial charge < -0.3 is 10.7 Å². The Labute approximate surface area is 161 Å². The topological polar surface area (TPSA) is 48.5 Å². The maximum Gasteiger partial charge on any atom is 0.142 e. The van der Waals surface area contributed by atoms with Crippen LogP contribution in [-0.4, -0.2) is 22.9 Å². The number of amidine groups is 1. The molecule has 0 radical (unpaired) electrons. The number of halogens is 1. The van der Waals surface area contributed by atoms with E-state index in [1.54, 1.807) is 0 Å². The number of hydrogen-bond donors (Lipinski definition) is 3.